The number of carbonyl (C=O) groups is 1. The van der Waals surface area contributed by atoms with Gasteiger partial charge in [-0.15, -0.1) is 0 Å². The SMILES string of the molecule is CCCn1nc(C)c(C(=O)Cl)c1C. The molecule has 0 saturated heterocycles. The zero-order valence-electron chi connectivity index (χ0n) is 8.09. The maximum absolute atomic E-state index is 11.0. The Bertz CT molecular complexity index is 331. The van der Waals surface area contributed by atoms with Gasteiger partial charge in [0.25, 0.3) is 5.24 Å². The van der Waals surface area contributed by atoms with E-state index in [-0.39, 0.29) is 0 Å². The summed E-state index contributed by atoms with van der Waals surface area (Å²) < 4.78 is 1.82. The van der Waals surface area contributed by atoms with Crippen molar-refractivity contribution < 1.29 is 4.79 Å². The molecule has 0 spiro atoms. The highest BCUT2D eigenvalue weighted by molar-refractivity contribution is 6.68. The van der Waals surface area contributed by atoms with E-state index in [1.54, 1.807) is 6.92 Å². The van der Waals surface area contributed by atoms with Gasteiger partial charge in [-0.05, 0) is 31.9 Å². The number of halogens is 1. The van der Waals surface area contributed by atoms with Crippen molar-refractivity contribution in [1.29, 1.82) is 0 Å². The van der Waals surface area contributed by atoms with Crippen molar-refractivity contribution in [3.63, 3.8) is 0 Å². The maximum atomic E-state index is 11.0. The predicted octanol–water partition coefficient (Wildman–Crippen LogP) is 2.29. The number of aryl methyl sites for hydroxylation is 2. The molecule has 0 saturated carbocycles. The molecule has 0 aromatic carbocycles. The van der Waals surface area contributed by atoms with Gasteiger partial charge in [-0.25, -0.2) is 0 Å². The molecule has 3 nitrogen and oxygen atoms in total. The zero-order valence-corrected chi connectivity index (χ0v) is 8.85. The Kier molecular flexibility index (Phi) is 3.09. The Morgan fingerprint density at radius 1 is 1.54 bits per heavy atom. The highest BCUT2D eigenvalue weighted by Crippen LogP contribution is 2.15. The molecule has 0 unspecified atom stereocenters. The van der Waals surface area contributed by atoms with Crippen molar-refractivity contribution in [1.82, 2.24) is 9.78 Å². The summed E-state index contributed by atoms with van der Waals surface area (Å²) in [5.74, 6) is 0. The first-order chi connectivity index (χ1) is 6.07. The molecule has 0 fully saturated rings. The third-order valence-corrected chi connectivity index (χ3v) is 2.20. The van der Waals surface area contributed by atoms with Gasteiger partial charge in [-0.2, -0.15) is 5.10 Å². The lowest BCUT2D eigenvalue weighted by atomic mass is 10.2. The van der Waals surface area contributed by atoms with Crippen molar-refractivity contribution >= 4 is 16.8 Å². The molecule has 4 heteroatoms. The first-order valence-electron chi connectivity index (χ1n) is 4.31. The van der Waals surface area contributed by atoms with Gasteiger partial charge in [0, 0.05) is 12.2 Å². The molecule has 1 aromatic rings. The molecule has 1 rings (SSSR count). The molecule has 0 aliphatic heterocycles. The van der Waals surface area contributed by atoms with Crippen LogP contribution in [0, 0.1) is 13.8 Å². The van der Waals surface area contributed by atoms with Crippen LogP contribution < -0.4 is 0 Å². The monoisotopic (exact) mass is 200 g/mol. The lowest BCUT2D eigenvalue weighted by Gasteiger charge is -2.00. The average Bonchev–Trinajstić information content (AvgIpc) is 2.28. The summed E-state index contributed by atoms with van der Waals surface area (Å²) in [5.41, 5.74) is 2.13. The van der Waals surface area contributed by atoms with Crippen LogP contribution in [0.15, 0.2) is 0 Å². The number of hydrogen-bond acceptors (Lipinski definition) is 2. The van der Waals surface area contributed by atoms with E-state index in [4.69, 9.17) is 11.6 Å². The molecule has 72 valence electrons. The second kappa shape index (κ2) is 3.92. The smallest absolute Gasteiger partial charge is 0.256 e. The lowest BCUT2D eigenvalue weighted by Crippen LogP contribution is -2.02. The summed E-state index contributed by atoms with van der Waals surface area (Å²) >= 11 is 5.43. The van der Waals surface area contributed by atoms with Crippen LogP contribution >= 0.6 is 11.6 Å². The van der Waals surface area contributed by atoms with E-state index in [2.05, 4.69) is 12.0 Å². The van der Waals surface area contributed by atoms with Crippen molar-refractivity contribution in [2.75, 3.05) is 0 Å². The highest BCUT2D eigenvalue weighted by Gasteiger charge is 2.15. The molecule has 13 heavy (non-hydrogen) atoms. The van der Waals surface area contributed by atoms with Gasteiger partial charge in [0.2, 0.25) is 0 Å². The number of aromatic nitrogens is 2. The van der Waals surface area contributed by atoms with Crippen LogP contribution in [0.3, 0.4) is 0 Å². The van der Waals surface area contributed by atoms with Gasteiger partial charge in [0.1, 0.15) is 0 Å². The van der Waals surface area contributed by atoms with Crippen molar-refractivity contribution in [3.8, 4) is 0 Å². The van der Waals surface area contributed by atoms with E-state index in [9.17, 15) is 4.79 Å². The van der Waals surface area contributed by atoms with Crippen LogP contribution in [0.1, 0.15) is 35.1 Å². The van der Waals surface area contributed by atoms with E-state index >= 15 is 0 Å². The van der Waals surface area contributed by atoms with E-state index in [0.29, 0.717) is 11.3 Å². The minimum absolute atomic E-state index is 0.419. The van der Waals surface area contributed by atoms with Crippen LogP contribution in [-0.2, 0) is 6.54 Å². The van der Waals surface area contributed by atoms with E-state index in [0.717, 1.165) is 18.7 Å². The summed E-state index contributed by atoms with van der Waals surface area (Å²) in [6.07, 6.45) is 0.998. The quantitative estimate of drug-likeness (QED) is 0.702. The first-order valence-corrected chi connectivity index (χ1v) is 4.69. The van der Waals surface area contributed by atoms with E-state index < -0.39 is 5.24 Å². The van der Waals surface area contributed by atoms with Gasteiger partial charge in [-0.1, -0.05) is 6.92 Å². The van der Waals surface area contributed by atoms with Crippen molar-refractivity contribution in [2.45, 2.75) is 33.7 Å². The third-order valence-electron chi connectivity index (χ3n) is 2.01. The van der Waals surface area contributed by atoms with Crippen molar-refractivity contribution in [2.24, 2.45) is 0 Å². The van der Waals surface area contributed by atoms with E-state index in [1.165, 1.54) is 0 Å². The third kappa shape index (κ3) is 1.91. The summed E-state index contributed by atoms with van der Waals surface area (Å²) in [7, 11) is 0. The number of nitrogens with zero attached hydrogens (tertiary/aromatic N) is 2. The molecule has 0 radical (unpaired) electrons. The van der Waals surface area contributed by atoms with Gasteiger partial charge >= 0.3 is 0 Å². The van der Waals surface area contributed by atoms with Crippen LogP contribution in [0.2, 0.25) is 0 Å². The fraction of sp³-hybridized carbons (Fsp3) is 0.556. The van der Waals surface area contributed by atoms with Gasteiger partial charge in [0.15, 0.2) is 0 Å². The molecule has 0 atom stereocenters. The molecule has 0 aliphatic carbocycles. The first kappa shape index (κ1) is 10.3. The predicted molar refractivity (Wildman–Crippen MR) is 52.2 cm³/mol. The molecule has 0 N–H and O–H groups in total. The minimum atomic E-state index is -0.419. The van der Waals surface area contributed by atoms with Crippen LogP contribution in [0.5, 0.6) is 0 Å². The topological polar surface area (TPSA) is 34.9 Å². The number of rotatable bonds is 3. The zero-order chi connectivity index (χ0) is 10.0. The fourth-order valence-electron chi connectivity index (χ4n) is 1.41. The fourth-order valence-corrected chi connectivity index (χ4v) is 1.68. The molecular weight excluding hydrogens is 188 g/mol. The standard InChI is InChI=1S/C9H13ClN2O/c1-4-5-12-7(3)8(9(10)13)6(2)11-12/h4-5H2,1-3H3. The van der Waals surface area contributed by atoms with E-state index in [1.807, 2.05) is 11.6 Å². The second-order valence-electron chi connectivity index (χ2n) is 3.04. The Balaban J connectivity index is 3.14. The van der Waals surface area contributed by atoms with Crippen LogP contribution in [0.4, 0.5) is 0 Å². The summed E-state index contributed by atoms with van der Waals surface area (Å²) in [5, 5.41) is 3.81. The Hall–Kier alpha value is -0.830. The highest BCUT2D eigenvalue weighted by atomic mass is 35.5. The Labute approximate surface area is 82.7 Å². The Morgan fingerprint density at radius 3 is 2.54 bits per heavy atom. The largest absolute Gasteiger partial charge is 0.275 e. The normalized spacial score (nSPS) is 10.5. The average molecular weight is 201 g/mol. The Morgan fingerprint density at radius 2 is 2.15 bits per heavy atom. The number of carbonyl (C=O) groups excluding carboxylic acids is 1. The summed E-state index contributed by atoms with van der Waals surface area (Å²) in [4.78, 5) is 11.0. The molecule has 0 aliphatic rings. The molecule has 1 heterocycles. The van der Waals surface area contributed by atoms with Crippen LogP contribution in [-0.4, -0.2) is 15.0 Å². The van der Waals surface area contributed by atoms with Crippen molar-refractivity contribution in [3.05, 3.63) is 17.0 Å². The van der Waals surface area contributed by atoms with Gasteiger partial charge in [0.05, 0.1) is 11.3 Å². The van der Waals surface area contributed by atoms with Gasteiger partial charge < -0.3 is 0 Å². The van der Waals surface area contributed by atoms with Crippen LogP contribution in [0.25, 0.3) is 0 Å². The molecule has 0 bridgehead atoms. The maximum Gasteiger partial charge on any atom is 0.256 e. The summed E-state index contributed by atoms with van der Waals surface area (Å²) in [6, 6.07) is 0. The minimum Gasteiger partial charge on any atom is -0.275 e. The second-order valence-corrected chi connectivity index (χ2v) is 3.39. The molecule has 0 amide bonds. The lowest BCUT2D eigenvalue weighted by molar-refractivity contribution is 0.108. The molecule has 1 aromatic heterocycles. The number of hydrogen-bond donors (Lipinski definition) is 0. The van der Waals surface area contributed by atoms with Gasteiger partial charge in [-0.3, -0.25) is 9.48 Å². The molecular formula is C9H13ClN2O. The summed E-state index contributed by atoms with van der Waals surface area (Å²) in [6.45, 7) is 6.57.